The van der Waals surface area contributed by atoms with Crippen molar-refractivity contribution in [2.45, 2.75) is 37.5 Å². The van der Waals surface area contributed by atoms with Gasteiger partial charge in [0.05, 0.1) is 13.0 Å². The lowest BCUT2D eigenvalue weighted by molar-refractivity contribution is -0.120. The number of hydrogen-bond donors (Lipinski definition) is 2. The van der Waals surface area contributed by atoms with E-state index >= 15 is 0 Å². The summed E-state index contributed by atoms with van der Waals surface area (Å²) in [5.74, 6) is 0.351. The molecule has 0 spiro atoms. The van der Waals surface area contributed by atoms with Crippen LogP contribution in [-0.2, 0) is 14.8 Å². The molecule has 4 rings (SSSR count). The van der Waals surface area contributed by atoms with E-state index in [1.165, 1.54) is 16.6 Å². The lowest BCUT2D eigenvalue weighted by atomic mass is 9.98. The van der Waals surface area contributed by atoms with Gasteiger partial charge in [0.1, 0.15) is 16.3 Å². The zero-order valence-corrected chi connectivity index (χ0v) is 20.4. The van der Waals surface area contributed by atoms with Crippen LogP contribution in [0.1, 0.15) is 43.1 Å². The number of ether oxygens (including phenoxy) is 1. The van der Waals surface area contributed by atoms with Crippen molar-refractivity contribution in [2.24, 2.45) is 11.8 Å². The van der Waals surface area contributed by atoms with Gasteiger partial charge in [-0.2, -0.15) is 4.31 Å². The van der Waals surface area contributed by atoms with E-state index in [-0.39, 0.29) is 28.9 Å². The van der Waals surface area contributed by atoms with E-state index in [4.69, 9.17) is 4.74 Å². The Morgan fingerprint density at radius 2 is 1.88 bits per heavy atom. The Morgan fingerprint density at radius 3 is 2.62 bits per heavy atom. The topological polar surface area (TPSA) is 112 Å². The zero-order valence-electron chi connectivity index (χ0n) is 19.6. The summed E-state index contributed by atoms with van der Waals surface area (Å²) in [5.41, 5.74) is 0.877. The molecule has 0 aliphatic carbocycles. The number of amides is 2. The normalized spacial score (nSPS) is 20.2. The smallest absolute Gasteiger partial charge is 0.270 e. The summed E-state index contributed by atoms with van der Waals surface area (Å²) in [6.45, 7) is 3.96. The third-order valence-corrected chi connectivity index (χ3v) is 8.53. The van der Waals surface area contributed by atoms with Gasteiger partial charge >= 0.3 is 0 Å². The van der Waals surface area contributed by atoms with Crippen LogP contribution in [0.3, 0.4) is 0 Å². The molecular formula is C24H32N4O5S. The number of anilines is 1. The molecule has 2 amide bonds. The summed E-state index contributed by atoms with van der Waals surface area (Å²) in [6.07, 6.45) is 4.45. The van der Waals surface area contributed by atoms with Gasteiger partial charge in [0.25, 0.3) is 5.91 Å². The summed E-state index contributed by atoms with van der Waals surface area (Å²) in [6, 6.07) is 8.46. The molecule has 34 heavy (non-hydrogen) atoms. The van der Waals surface area contributed by atoms with Gasteiger partial charge in [-0.1, -0.05) is 13.0 Å². The van der Waals surface area contributed by atoms with E-state index in [0.717, 1.165) is 12.8 Å². The molecule has 2 N–H and O–H groups in total. The van der Waals surface area contributed by atoms with Gasteiger partial charge in [-0.3, -0.25) is 9.59 Å². The Bertz CT molecular complexity index is 1140. The van der Waals surface area contributed by atoms with Crippen LogP contribution in [0.5, 0.6) is 5.75 Å². The number of aromatic amines is 1. The molecule has 0 saturated carbocycles. The molecule has 10 heteroatoms. The predicted molar refractivity (Wildman–Crippen MR) is 128 cm³/mol. The van der Waals surface area contributed by atoms with E-state index < -0.39 is 15.9 Å². The number of benzene rings is 1. The summed E-state index contributed by atoms with van der Waals surface area (Å²) in [5, 5.41) is 2.86. The Morgan fingerprint density at radius 1 is 1.12 bits per heavy atom. The van der Waals surface area contributed by atoms with Gasteiger partial charge in [-0.25, -0.2) is 8.42 Å². The molecule has 1 atom stereocenters. The first-order chi connectivity index (χ1) is 16.3. The van der Waals surface area contributed by atoms with Crippen LogP contribution in [0.15, 0.2) is 41.4 Å². The maximum atomic E-state index is 13.3. The third-order valence-electron chi connectivity index (χ3n) is 6.69. The van der Waals surface area contributed by atoms with Gasteiger partial charge in [0.2, 0.25) is 15.9 Å². The Labute approximate surface area is 200 Å². The first-order valence-electron chi connectivity index (χ1n) is 11.7. The summed E-state index contributed by atoms with van der Waals surface area (Å²) < 4.78 is 33.1. The number of nitrogens with one attached hydrogen (secondary N) is 2. The van der Waals surface area contributed by atoms with Crippen molar-refractivity contribution < 1.29 is 22.7 Å². The Hall–Kier alpha value is -2.85. The zero-order chi connectivity index (χ0) is 24.3. The van der Waals surface area contributed by atoms with E-state index in [9.17, 15) is 18.0 Å². The van der Waals surface area contributed by atoms with Crippen LogP contribution in [0.4, 0.5) is 5.69 Å². The largest absolute Gasteiger partial charge is 0.497 e. The molecule has 1 aromatic heterocycles. The van der Waals surface area contributed by atoms with Crippen molar-refractivity contribution in [3.63, 3.8) is 0 Å². The molecule has 2 aliphatic heterocycles. The fourth-order valence-corrected chi connectivity index (χ4v) is 6.02. The standard InChI is InChI=1S/C24H32N4O5S/c1-17-8-11-27(12-9-17)24(30)22-14-21(15-25-22)34(31,32)28-10-4-5-18(16-28)23(29)26-19-6-3-7-20(13-19)33-2/h3,6-7,13-15,17-18,25H,4-5,8-12,16H2,1-2H3,(H,26,29)/t18-/m0/s1. The monoisotopic (exact) mass is 488 g/mol. The molecule has 2 aliphatic rings. The number of H-pyrrole nitrogens is 1. The molecule has 1 aromatic carbocycles. The average molecular weight is 489 g/mol. The number of sulfonamides is 1. The van der Waals surface area contributed by atoms with Crippen molar-refractivity contribution in [3.8, 4) is 5.75 Å². The van der Waals surface area contributed by atoms with Crippen LogP contribution in [0, 0.1) is 11.8 Å². The minimum Gasteiger partial charge on any atom is -0.497 e. The fourth-order valence-electron chi connectivity index (χ4n) is 4.50. The molecule has 184 valence electrons. The molecule has 2 saturated heterocycles. The summed E-state index contributed by atoms with van der Waals surface area (Å²) in [4.78, 5) is 30.3. The van der Waals surface area contributed by atoms with Crippen LogP contribution in [0.25, 0.3) is 0 Å². The molecule has 2 aromatic rings. The lowest BCUT2D eigenvalue weighted by Gasteiger charge is -2.31. The Balaban J connectivity index is 1.42. The van der Waals surface area contributed by atoms with E-state index in [2.05, 4.69) is 17.2 Å². The highest BCUT2D eigenvalue weighted by Gasteiger charge is 2.34. The van der Waals surface area contributed by atoms with E-state index in [0.29, 0.717) is 49.8 Å². The van der Waals surface area contributed by atoms with Gasteiger partial charge in [-0.15, -0.1) is 0 Å². The van der Waals surface area contributed by atoms with Gasteiger partial charge in [0.15, 0.2) is 0 Å². The lowest BCUT2D eigenvalue weighted by Crippen LogP contribution is -2.43. The number of piperidine rings is 2. The van der Waals surface area contributed by atoms with Crippen LogP contribution < -0.4 is 10.1 Å². The molecular weight excluding hydrogens is 456 g/mol. The van der Waals surface area contributed by atoms with Crippen LogP contribution >= 0.6 is 0 Å². The maximum Gasteiger partial charge on any atom is 0.270 e. The first-order valence-corrected chi connectivity index (χ1v) is 13.1. The highest BCUT2D eigenvalue weighted by atomic mass is 32.2. The number of aromatic nitrogens is 1. The number of rotatable bonds is 6. The molecule has 0 unspecified atom stereocenters. The van der Waals surface area contributed by atoms with Crippen LogP contribution in [0.2, 0.25) is 0 Å². The number of carbonyl (C=O) groups is 2. The second-order valence-corrected chi connectivity index (χ2v) is 11.1. The predicted octanol–water partition coefficient (Wildman–Crippen LogP) is 2.93. The quantitative estimate of drug-likeness (QED) is 0.649. The van der Waals surface area contributed by atoms with Crippen molar-refractivity contribution in [1.29, 1.82) is 0 Å². The van der Waals surface area contributed by atoms with Gasteiger partial charge < -0.3 is 19.9 Å². The van der Waals surface area contributed by atoms with Crippen molar-refractivity contribution >= 4 is 27.5 Å². The highest BCUT2D eigenvalue weighted by Crippen LogP contribution is 2.27. The van der Waals surface area contributed by atoms with Crippen LogP contribution in [-0.4, -0.2) is 67.7 Å². The number of methoxy groups -OCH3 is 1. The molecule has 2 fully saturated rings. The number of carbonyl (C=O) groups excluding carboxylic acids is 2. The first kappa shape index (κ1) is 24.3. The average Bonchev–Trinajstić information content (AvgIpc) is 3.35. The van der Waals surface area contributed by atoms with Crippen molar-refractivity contribution in [3.05, 3.63) is 42.2 Å². The maximum absolute atomic E-state index is 13.3. The third kappa shape index (κ3) is 5.28. The molecule has 0 bridgehead atoms. The molecule has 9 nitrogen and oxygen atoms in total. The summed E-state index contributed by atoms with van der Waals surface area (Å²) >= 11 is 0. The second-order valence-electron chi connectivity index (χ2n) is 9.15. The minimum atomic E-state index is -3.83. The number of nitrogens with zero attached hydrogens (tertiary/aromatic N) is 2. The second kappa shape index (κ2) is 10.2. The Kier molecular flexibility index (Phi) is 7.27. The summed E-state index contributed by atoms with van der Waals surface area (Å²) in [7, 11) is -2.28. The number of likely N-dealkylation sites (tertiary alicyclic amines) is 1. The minimum absolute atomic E-state index is 0.0510. The highest BCUT2D eigenvalue weighted by molar-refractivity contribution is 7.89. The van der Waals surface area contributed by atoms with Crippen molar-refractivity contribution in [1.82, 2.24) is 14.2 Å². The van der Waals surface area contributed by atoms with Gasteiger partial charge in [-0.05, 0) is 49.8 Å². The fraction of sp³-hybridized carbons (Fsp3) is 0.500. The van der Waals surface area contributed by atoms with Gasteiger partial charge in [0, 0.05) is 44.1 Å². The van der Waals surface area contributed by atoms with E-state index in [1.54, 1.807) is 36.3 Å². The SMILES string of the molecule is COc1cccc(NC(=O)[C@H]2CCCN(S(=O)(=O)c3c[nH]c(C(=O)N4CCC(C)CC4)c3)C2)c1. The molecule has 3 heterocycles. The number of hydrogen-bond acceptors (Lipinski definition) is 5. The molecule has 0 radical (unpaired) electrons. The van der Waals surface area contributed by atoms with E-state index in [1.807, 2.05) is 0 Å². The van der Waals surface area contributed by atoms with Crippen molar-refractivity contribution in [2.75, 3.05) is 38.6 Å².